The lowest BCUT2D eigenvalue weighted by Gasteiger charge is -2.34. The highest BCUT2D eigenvalue weighted by Crippen LogP contribution is 2.05. The van der Waals surface area contributed by atoms with E-state index >= 15 is 0 Å². The van der Waals surface area contributed by atoms with Crippen molar-refractivity contribution in [1.29, 1.82) is 0 Å². The van der Waals surface area contributed by atoms with Gasteiger partial charge in [-0.15, -0.1) is 0 Å². The molecule has 1 heterocycles. The number of piperazine rings is 1. The second-order valence-corrected chi connectivity index (χ2v) is 4.43. The maximum Gasteiger partial charge on any atom is 0.222 e. The van der Waals surface area contributed by atoms with Gasteiger partial charge in [0, 0.05) is 32.6 Å². The molecule has 1 rings (SSSR count). The summed E-state index contributed by atoms with van der Waals surface area (Å²) in [7, 11) is 0. The summed E-state index contributed by atoms with van der Waals surface area (Å²) in [6.45, 7) is 7.78. The van der Waals surface area contributed by atoms with E-state index in [1.807, 2.05) is 11.8 Å². The molecule has 4 nitrogen and oxygen atoms in total. The van der Waals surface area contributed by atoms with Crippen LogP contribution in [0.2, 0.25) is 0 Å². The van der Waals surface area contributed by atoms with Gasteiger partial charge in [-0.2, -0.15) is 0 Å². The Morgan fingerprint density at radius 1 is 1.12 bits per heavy atom. The minimum Gasteiger partial charge on any atom is -0.340 e. The summed E-state index contributed by atoms with van der Waals surface area (Å²) in [6, 6.07) is 0. The van der Waals surface area contributed by atoms with Crippen LogP contribution in [0.5, 0.6) is 0 Å². The fraction of sp³-hybridized carbons (Fsp3) is 0.917. The Bertz CT molecular complexity index is 200. The van der Waals surface area contributed by atoms with Crippen LogP contribution in [0.1, 0.15) is 32.6 Å². The first-order valence-electron chi connectivity index (χ1n) is 6.48. The molecule has 0 radical (unpaired) electrons. The Labute approximate surface area is 98.8 Å². The zero-order chi connectivity index (χ0) is 11.8. The Morgan fingerprint density at radius 3 is 2.38 bits per heavy atom. The quantitative estimate of drug-likeness (QED) is 0.679. The van der Waals surface area contributed by atoms with Crippen molar-refractivity contribution in [3.05, 3.63) is 0 Å². The molecular weight excluding hydrogens is 202 g/mol. The third-order valence-corrected chi connectivity index (χ3v) is 3.21. The molecule has 0 aliphatic carbocycles. The second-order valence-electron chi connectivity index (χ2n) is 4.43. The van der Waals surface area contributed by atoms with Crippen LogP contribution in [0.15, 0.2) is 0 Å². The van der Waals surface area contributed by atoms with Gasteiger partial charge in [0.15, 0.2) is 0 Å². The number of amides is 1. The summed E-state index contributed by atoms with van der Waals surface area (Å²) < 4.78 is 0. The number of carbonyl (C=O) groups excluding carboxylic acids is 1. The van der Waals surface area contributed by atoms with E-state index in [9.17, 15) is 4.79 Å². The summed E-state index contributed by atoms with van der Waals surface area (Å²) in [5.41, 5.74) is 5.46. The van der Waals surface area contributed by atoms with Crippen LogP contribution in [-0.2, 0) is 4.79 Å². The number of unbranched alkanes of at least 4 members (excludes halogenated alkanes) is 2. The summed E-state index contributed by atoms with van der Waals surface area (Å²) >= 11 is 0. The molecule has 0 bridgehead atoms. The van der Waals surface area contributed by atoms with Crippen molar-refractivity contribution >= 4 is 5.91 Å². The smallest absolute Gasteiger partial charge is 0.222 e. The predicted molar refractivity (Wildman–Crippen MR) is 66.2 cm³/mol. The standard InChI is InChI=1S/C12H25N3O/c1-2-12(16)15-10-8-14(9-11-15)7-5-3-4-6-13/h2-11,13H2,1H3. The third-order valence-electron chi connectivity index (χ3n) is 3.21. The first kappa shape index (κ1) is 13.5. The molecule has 4 heteroatoms. The van der Waals surface area contributed by atoms with Crippen molar-refractivity contribution in [2.24, 2.45) is 5.73 Å². The van der Waals surface area contributed by atoms with Crippen LogP contribution < -0.4 is 5.73 Å². The molecule has 0 unspecified atom stereocenters. The molecule has 1 aliphatic rings. The number of carbonyl (C=O) groups is 1. The van der Waals surface area contributed by atoms with Gasteiger partial charge in [0.1, 0.15) is 0 Å². The Hall–Kier alpha value is -0.610. The van der Waals surface area contributed by atoms with Gasteiger partial charge >= 0.3 is 0 Å². The van der Waals surface area contributed by atoms with E-state index < -0.39 is 0 Å². The number of rotatable bonds is 6. The molecule has 1 saturated heterocycles. The number of nitrogens with zero attached hydrogens (tertiary/aromatic N) is 2. The molecule has 0 saturated carbocycles. The van der Waals surface area contributed by atoms with E-state index in [0.717, 1.165) is 45.7 Å². The summed E-state index contributed by atoms with van der Waals surface area (Å²) in [4.78, 5) is 15.9. The molecule has 1 fully saturated rings. The van der Waals surface area contributed by atoms with E-state index in [1.165, 1.54) is 12.8 Å². The van der Waals surface area contributed by atoms with E-state index in [0.29, 0.717) is 12.3 Å². The lowest BCUT2D eigenvalue weighted by molar-refractivity contribution is -0.132. The molecule has 16 heavy (non-hydrogen) atoms. The highest BCUT2D eigenvalue weighted by molar-refractivity contribution is 5.75. The lowest BCUT2D eigenvalue weighted by Crippen LogP contribution is -2.48. The van der Waals surface area contributed by atoms with E-state index in [-0.39, 0.29) is 0 Å². The third kappa shape index (κ3) is 4.49. The van der Waals surface area contributed by atoms with Gasteiger partial charge in [0.2, 0.25) is 5.91 Å². The molecule has 2 N–H and O–H groups in total. The van der Waals surface area contributed by atoms with Crippen molar-refractivity contribution in [2.75, 3.05) is 39.3 Å². The van der Waals surface area contributed by atoms with Gasteiger partial charge in [-0.3, -0.25) is 9.69 Å². The summed E-state index contributed by atoms with van der Waals surface area (Å²) in [6.07, 6.45) is 4.23. The highest BCUT2D eigenvalue weighted by Gasteiger charge is 2.18. The predicted octanol–water partition coefficient (Wildman–Crippen LogP) is 0.670. The zero-order valence-corrected chi connectivity index (χ0v) is 10.5. The number of nitrogens with two attached hydrogens (primary N) is 1. The minimum absolute atomic E-state index is 0.294. The molecule has 94 valence electrons. The topological polar surface area (TPSA) is 49.6 Å². The minimum atomic E-state index is 0.294. The van der Waals surface area contributed by atoms with Crippen LogP contribution in [0.25, 0.3) is 0 Å². The summed E-state index contributed by atoms with van der Waals surface area (Å²) in [5.74, 6) is 0.294. The first-order valence-corrected chi connectivity index (χ1v) is 6.48. The highest BCUT2D eigenvalue weighted by atomic mass is 16.2. The normalized spacial score (nSPS) is 17.8. The van der Waals surface area contributed by atoms with E-state index in [2.05, 4.69) is 4.90 Å². The summed E-state index contributed by atoms with van der Waals surface area (Å²) in [5, 5.41) is 0. The Morgan fingerprint density at radius 2 is 1.81 bits per heavy atom. The average Bonchev–Trinajstić information content (AvgIpc) is 2.34. The van der Waals surface area contributed by atoms with Crippen LogP contribution in [0.3, 0.4) is 0 Å². The van der Waals surface area contributed by atoms with Crippen LogP contribution in [0, 0.1) is 0 Å². The fourth-order valence-corrected chi connectivity index (χ4v) is 2.10. The Kier molecular flexibility index (Phi) is 6.42. The maximum absolute atomic E-state index is 11.5. The van der Waals surface area contributed by atoms with Crippen LogP contribution >= 0.6 is 0 Å². The van der Waals surface area contributed by atoms with Crippen molar-refractivity contribution in [3.8, 4) is 0 Å². The fourth-order valence-electron chi connectivity index (χ4n) is 2.10. The van der Waals surface area contributed by atoms with Gasteiger partial charge in [-0.25, -0.2) is 0 Å². The van der Waals surface area contributed by atoms with Gasteiger partial charge in [-0.05, 0) is 25.9 Å². The van der Waals surface area contributed by atoms with E-state index in [4.69, 9.17) is 5.73 Å². The largest absolute Gasteiger partial charge is 0.340 e. The van der Waals surface area contributed by atoms with Crippen LogP contribution in [-0.4, -0.2) is 55.0 Å². The van der Waals surface area contributed by atoms with Gasteiger partial charge in [0.25, 0.3) is 0 Å². The molecule has 0 aromatic heterocycles. The van der Waals surface area contributed by atoms with Crippen molar-refractivity contribution < 1.29 is 4.79 Å². The van der Waals surface area contributed by atoms with Gasteiger partial charge in [-0.1, -0.05) is 13.3 Å². The molecular formula is C12H25N3O. The van der Waals surface area contributed by atoms with Crippen molar-refractivity contribution in [2.45, 2.75) is 32.6 Å². The van der Waals surface area contributed by atoms with Crippen molar-refractivity contribution in [3.63, 3.8) is 0 Å². The Balaban J connectivity index is 2.10. The molecule has 0 spiro atoms. The second kappa shape index (κ2) is 7.63. The average molecular weight is 227 g/mol. The van der Waals surface area contributed by atoms with E-state index in [1.54, 1.807) is 0 Å². The van der Waals surface area contributed by atoms with Gasteiger partial charge in [0.05, 0.1) is 0 Å². The molecule has 0 aromatic carbocycles. The van der Waals surface area contributed by atoms with Crippen molar-refractivity contribution in [1.82, 2.24) is 9.80 Å². The van der Waals surface area contributed by atoms with Crippen LogP contribution in [0.4, 0.5) is 0 Å². The molecule has 0 atom stereocenters. The van der Waals surface area contributed by atoms with Gasteiger partial charge < -0.3 is 10.6 Å². The zero-order valence-electron chi connectivity index (χ0n) is 10.5. The number of hydrogen-bond donors (Lipinski definition) is 1. The maximum atomic E-state index is 11.5. The first-order chi connectivity index (χ1) is 7.77. The number of hydrogen-bond acceptors (Lipinski definition) is 3. The SMILES string of the molecule is CCC(=O)N1CCN(CCCCCN)CC1. The molecule has 1 aliphatic heterocycles. The monoisotopic (exact) mass is 227 g/mol. The molecule has 1 amide bonds. The molecule has 0 aromatic rings. The lowest BCUT2D eigenvalue weighted by atomic mass is 10.2.